The molecule has 0 unspecified atom stereocenters. The summed E-state index contributed by atoms with van der Waals surface area (Å²) in [6.07, 6.45) is 0. The second-order valence-corrected chi connectivity index (χ2v) is 1.57. The van der Waals surface area contributed by atoms with E-state index in [1.807, 2.05) is 0 Å². The van der Waals surface area contributed by atoms with E-state index in [0.717, 1.165) is 0 Å². The average molecular weight is 164 g/mol. The lowest BCUT2D eigenvalue weighted by Gasteiger charge is -1.69. The molecule has 7 heavy (non-hydrogen) atoms. The number of hydrogen-bond acceptors (Lipinski definition) is 4. The Bertz CT molecular complexity index is 145. The molecule has 0 bridgehead atoms. The van der Waals surface area contributed by atoms with Crippen LogP contribution in [0.2, 0.25) is 0 Å². The molecule has 1 aromatic rings. The lowest BCUT2D eigenvalue weighted by atomic mass is 11.2. The van der Waals surface area contributed by atoms with Gasteiger partial charge in [0.25, 0.3) is 4.80 Å². The van der Waals surface area contributed by atoms with Crippen LogP contribution in [-0.4, -0.2) is 10.2 Å². The Morgan fingerprint density at radius 2 is 2.29 bits per heavy atom. The van der Waals surface area contributed by atoms with Crippen molar-refractivity contribution >= 4 is 21.9 Å². The van der Waals surface area contributed by atoms with Gasteiger partial charge in [-0.15, -0.1) is 0 Å². The van der Waals surface area contributed by atoms with Gasteiger partial charge in [-0.05, 0) is 0 Å². The Kier molecular flexibility index (Phi) is 0.976. The fourth-order valence-electron chi connectivity index (χ4n) is 0.216. The molecule has 1 rings (SSSR count). The predicted molar refractivity (Wildman–Crippen MR) is 26.4 cm³/mol. The Morgan fingerprint density at radius 3 is 2.43 bits per heavy atom. The van der Waals surface area contributed by atoms with E-state index in [1.54, 1.807) is 0 Å². The zero-order valence-electron chi connectivity index (χ0n) is 3.26. The largest absolute Gasteiger partial charge is 0.398 e. The Balaban J connectivity index is 3.04. The number of nitrogen functional groups attached to an aromatic ring is 1. The molecular formula is C2H2BrN3O. The number of aromatic nitrogens is 2. The van der Waals surface area contributed by atoms with Crippen LogP contribution >= 0.6 is 15.9 Å². The van der Waals surface area contributed by atoms with Gasteiger partial charge in [-0.1, -0.05) is 10.2 Å². The lowest BCUT2D eigenvalue weighted by Crippen LogP contribution is -1.81. The van der Waals surface area contributed by atoms with Gasteiger partial charge < -0.3 is 10.2 Å². The minimum atomic E-state index is 0.0758. The highest BCUT2D eigenvalue weighted by atomic mass is 79.9. The first-order valence-corrected chi connectivity index (χ1v) is 2.33. The summed E-state index contributed by atoms with van der Waals surface area (Å²) in [4.78, 5) is 0.310. The molecule has 2 N–H and O–H groups in total. The molecule has 0 aliphatic heterocycles. The summed E-state index contributed by atoms with van der Waals surface area (Å²) in [7, 11) is 0. The number of nitrogens with zero attached hydrogens (tertiary/aromatic N) is 2. The van der Waals surface area contributed by atoms with Gasteiger partial charge in [0.2, 0.25) is 0 Å². The highest BCUT2D eigenvalue weighted by Crippen LogP contribution is 2.06. The molecule has 0 aliphatic carbocycles. The first-order chi connectivity index (χ1) is 3.29. The van der Waals surface area contributed by atoms with Crippen molar-refractivity contribution in [3.8, 4) is 0 Å². The van der Waals surface area contributed by atoms with E-state index in [4.69, 9.17) is 5.73 Å². The maximum Gasteiger partial charge on any atom is 0.313 e. The van der Waals surface area contributed by atoms with Gasteiger partial charge in [-0.3, -0.25) is 0 Å². The predicted octanol–water partition coefficient (Wildman–Crippen LogP) is 0.414. The third-order valence-corrected chi connectivity index (χ3v) is 0.736. The first-order valence-electron chi connectivity index (χ1n) is 1.53. The molecule has 38 valence electrons. The molecule has 4 nitrogen and oxygen atoms in total. The van der Waals surface area contributed by atoms with Crippen LogP contribution in [-0.2, 0) is 0 Å². The minimum absolute atomic E-state index is 0.0758. The van der Waals surface area contributed by atoms with E-state index >= 15 is 0 Å². The number of anilines is 1. The third kappa shape index (κ3) is 0.894. The van der Waals surface area contributed by atoms with Crippen LogP contribution < -0.4 is 5.73 Å². The number of nitrogens with two attached hydrogens (primary N) is 1. The van der Waals surface area contributed by atoms with Crippen molar-refractivity contribution < 1.29 is 4.42 Å². The van der Waals surface area contributed by atoms with Crippen molar-refractivity contribution in [1.82, 2.24) is 10.2 Å². The first kappa shape index (κ1) is 4.58. The maximum absolute atomic E-state index is 5.01. The van der Waals surface area contributed by atoms with Crippen LogP contribution in [0.15, 0.2) is 9.22 Å². The van der Waals surface area contributed by atoms with Gasteiger partial charge in [-0.2, -0.15) is 0 Å². The standard InChI is InChI=1S/C2H2BrN3O/c3-1-5-6-2(4)7-1/h(H2,4,6). The molecule has 1 aromatic heterocycles. The number of halogens is 1. The summed E-state index contributed by atoms with van der Waals surface area (Å²) < 4.78 is 4.56. The Hall–Kier alpha value is -0.580. The van der Waals surface area contributed by atoms with Crippen molar-refractivity contribution in [3.05, 3.63) is 4.80 Å². The molecule has 0 saturated heterocycles. The Labute approximate surface area is 47.8 Å². The normalized spacial score (nSPS) is 9.29. The zero-order chi connectivity index (χ0) is 5.28. The monoisotopic (exact) mass is 163 g/mol. The molecule has 0 fully saturated rings. The van der Waals surface area contributed by atoms with Gasteiger partial charge in [0, 0.05) is 15.9 Å². The zero-order valence-corrected chi connectivity index (χ0v) is 4.84. The van der Waals surface area contributed by atoms with Gasteiger partial charge in [0.1, 0.15) is 0 Å². The smallest absolute Gasteiger partial charge is 0.313 e. The maximum atomic E-state index is 5.01. The molecule has 1 heterocycles. The molecular weight excluding hydrogens is 162 g/mol. The SMILES string of the molecule is Nc1nnc(Br)o1. The van der Waals surface area contributed by atoms with Crippen LogP contribution in [0.3, 0.4) is 0 Å². The quantitative estimate of drug-likeness (QED) is 0.603. The van der Waals surface area contributed by atoms with Crippen molar-refractivity contribution in [2.24, 2.45) is 0 Å². The van der Waals surface area contributed by atoms with Crippen molar-refractivity contribution in [3.63, 3.8) is 0 Å². The number of hydrogen-bond donors (Lipinski definition) is 1. The average Bonchev–Trinajstić information content (AvgIpc) is 1.87. The molecule has 5 heteroatoms. The van der Waals surface area contributed by atoms with E-state index in [1.165, 1.54) is 0 Å². The highest BCUT2D eigenvalue weighted by Gasteiger charge is 1.92. The van der Waals surface area contributed by atoms with Crippen LogP contribution in [0.4, 0.5) is 6.01 Å². The highest BCUT2D eigenvalue weighted by molar-refractivity contribution is 9.10. The van der Waals surface area contributed by atoms with Crippen molar-refractivity contribution in [1.29, 1.82) is 0 Å². The molecule has 0 radical (unpaired) electrons. The Morgan fingerprint density at radius 1 is 1.57 bits per heavy atom. The summed E-state index contributed by atoms with van der Waals surface area (Å²) in [6.45, 7) is 0. The third-order valence-electron chi connectivity index (χ3n) is 0.416. The van der Waals surface area contributed by atoms with Crippen LogP contribution in [0.5, 0.6) is 0 Å². The second kappa shape index (κ2) is 1.49. The van der Waals surface area contributed by atoms with E-state index < -0.39 is 0 Å². The number of rotatable bonds is 0. The molecule has 0 saturated carbocycles. The molecule has 0 aliphatic rings. The second-order valence-electron chi connectivity index (χ2n) is 0.893. The molecule has 0 atom stereocenters. The van der Waals surface area contributed by atoms with E-state index in [9.17, 15) is 0 Å². The molecule has 0 spiro atoms. The van der Waals surface area contributed by atoms with Crippen molar-refractivity contribution in [2.75, 3.05) is 5.73 Å². The van der Waals surface area contributed by atoms with Crippen LogP contribution in [0.1, 0.15) is 0 Å². The van der Waals surface area contributed by atoms with E-state index in [0.29, 0.717) is 4.80 Å². The summed E-state index contributed by atoms with van der Waals surface area (Å²) in [6, 6.07) is 0.0758. The van der Waals surface area contributed by atoms with E-state index in [-0.39, 0.29) is 6.01 Å². The molecule has 0 aromatic carbocycles. The summed E-state index contributed by atoms with van der Waals surface area (Å²) >= 11 is 2.91. The fraction of sp³-hybridized carbons (Fsp3) is 0. The summed E-state index contributed by atoms with van der Waals surface area (Å²) in [5.41, 5.74) is 5.01. The van der Waals surface area contributed by atoms with Crippen molar-refractivity contribution in [2.45, 2.75) is 0 Å². The van der Waals surface area contributed by atoms with Crippen LogP contribution in [0.25, 0.3) is 0 Å². The summed E-state index contributed by atoms with van der Waals surface area (Å²) in [5.74, 6) is 0. The molecule has 0 amide bonds. The van der Waals surface area contributed by atoms with E-state index in [2.05, 4.69) is 30.5 Å². The van der Waals surface area contributed by atoms with Gasteiger partial charge in [0.15, 0.2) is 0 Å². The lowest BCUT2D eigenvalue weighted by molar-refractivity contribution is 0.545. The topological polar surface area (TPSA) is 64.9 Å². The van der Waals surface area contributed by atoms with Crippen LogP contribution in [0, 0.1) is 0 Å². The van der Waals surface area contributed by atoms with Gasteiger partial charge in [0.05, 0.1) is 0 Å². The van der Waals surface area contributed by atoms with Gasteiger partial charge >= 0.3 is 6.01 Å². The summed E-state index contributed by atoms with van der Waals surface area (Å²) in [5, 5.41) is 6.72. The fourth-order valence-corrected chi connectivity index (χ4v) is 0.461. The van der Waals surface area contributed by atoms with Gasteiger partial charge in [-0.25, -0.2) is 0 Å². The minimum Gasteiger partial charge on any atom is -0.398 e.